The van der Waals surface area contributed by atoms with E-state index in [2.05, 4.69) is 40.9 Å². The number of H-pyrrole nitrogens is 1. The number of rotatable bonds is 6. The summed E-state index contributed by atoms with van der Waals surface area (Å²) in [4.78, 5) is 4.74. The van der Waals surface area contributed by atoms with Gasteiger partial charge >= 0.3 is 0 Å². The van der Waals surface area contributed by atoms with Crippen LogP contribution in [0.25, 0.3) is 33.8 Å². The molecule has 0 aliphatic rings. The van der Waals surface area contributed by atoms with E-state index in [0.29, 0.717) is 23.2 Å². The van der Waals surface area contributed by atoms with Gasteiger partial charge in [0.1, 0.15) is 5.52 Å². The first-order chi connectivity index (χ1) is 14.3. The number of benzene rings is 2. The maximum absolute atomic E-state index is 11.9. The van der Waals surface area contributed by atoms with Crippen molar-refractivity contribution in [1.82, 2.24) is 15.2 Å². The molecule has 0 radical (unpaired) electrons. The first-order valence-corrected chi connectivity index (χ1v) is 11.5. The molecule has 2 aromatic carbocycles. The predicted octanol–water partition coefficient (Wildman–Crippen LogP) is 5.08. The minimum Gasteiger partial charge on any atom is -0.436 e. The maximum atomic E-state index is 11.9. The van der Waals surface area contributed by atoms with Crippen LogP contribution in [0.3, 0.4) is 0 Å². The molecule has 8 heteroatoms. The molecule has 7 nitrogen and oxygen atoms in total. The van der Waals surface area contributed by atoms with Gasteiger partial charge in [0.15, 0.2) is 5.58 Å². The topological polar surface area (TPSA) is 101 Å². The predicted molar refractivity (Wildman–Crippen MR) is 119 cm³/mol. The molecule has 0 saturated carbocycles. The summed E-state index contributed by atoms with van der Waals surface area (Å²) in [5.41, 5.74) is 6.48. The van der Waals surface area contributed by atoms with E-state index in [9.17, 15) is 8.42 Å². The number of aromatic nitrogens is 3. The van der Waals surface area contributed by atoms with Gasteiger partial charge in [-0.15, -0.1) is 0 Å². The number of fused-ring (bicyclic) bond motifs is 1. The van der Waals surface area contributed by atoms with Crippen LogP contribution in [0.4, 0.5) is 5.69 Å². The number of aryl methyl sites for hydroxylation is 1. The van der Waals surface area contributed by atoms with Crippen LogP contribution in [0.15, 0.2) is 47.0 Å². The van der Waals surface area contributed by atoms with Crippen LogP contribution in [0.2, 0.25) is 0 Å². The van der Waals surface area contributed by atoms with E-state index < -0.39 is 10.0 Å². The number of nitrogens with zero attached hydrogens (tertiary/aromatic N) is 2. The summed E-state index contributed by atoms with van der Waals surface area (Å²) in [6.45, 7) is 7.86. The third kappa shape index (κ3) is 3.70. The smallest absolute Gasteiger partial charge is 0.232 e. The molecule has 0 amide bonds. The second-order valence-electron chi connectivity index (χ2n) is 7.57. The van der Waals surface area contributed by atoms with Gasteiger partial charge in [-0.25, -0.2) is 13.4 Å². The molecule has 2 aromatic heterocycles. The Bertz CT molecular complexity index is 1320. The molecule has 4 rings (SSSR count). The summed E-state index contributed by atoms with van der Waals surface area (Å²) in [5.74, 6) is 0.790. The van der Waals surface area contributed by atoms with E-state index in [1.165, 1.54) is 0 Å². The van der Waals surface area contributed by atoms with Gasteiger partial charge in [-0.1, -0.05) is 38.1 Å². The van der Waals surface area contributed by atoms with E-state index in [0.717, 1.165) is 33.4 Å². The Balaban J connectivity index is 1.80. The number of sulfonamides is 1. The molecule has 0 spiro atoms. The molecule has 0 fully saturated rings. The molecule has 2 heterocycles. The minimum atomic E-state index is -3.36. The van der Waals surface area contributed by atoms with Gasteiger partial charge in [0.25, 0.3) is 0 Å². The fraction of sp³-hybridized carbons (Fsp3) is 0.273. The van der Waals surface area contributed by atoms with Crippen molar-refractivity contribution in [2.24, 2.45) is 0 Å². The molecule has 4 aromatic rings. The van der Waals surface area contributed by atoms with E-state index >= 15 is 0 Å². The third-order valence-corrected chi connectivity index (χ3v) is 6.38. The highest BCUT2D eigenvalue weighted by Gasteiger charge is 2.20. The van der Waals surface area contributed by atoms with Gasteiger partial charge in [0, 0.05) is 11.3 Å². The Morgan fingerprint density at radius 2 is 2.00 bits per heavy atom. The average Bonchev–Trinajstić information content (AvgIpc) is 3.35. The second kappa shape index (κ2) is 7.60. The summed E-state index contributed by atoms with van der Waals surface area (Å²) in [6, 6.07) is 11.3. The van der Waals surface area contributed by atoms with Crippen molar-refractivity contribution in [3.05, 3.63) is 53.7 Å². The fourth-order valence-electron chi connectivity index (χ4n) is 3.38. The van der Waals surface area contributed by atoms with Crippen LogP contribution in [0.5, 0.6) is 0 Å². The van der Waals surface area contributed by atoms with Gasteiger partial charge < -0.3 is 4.42 Å². The Kier molecular flexibility index (Phi) is 5.11. The Morgan fingerprint density at radius 3 is 2.73 bits per heavy atom. The Morgan fingerprint density at radius 1 is 1.20 bits per heavy atom. The zero-order valence-electron chi connectivity index (χ0n) is 17.4. The molecule has 2 N–H and O–H groups in total. The standard InChI is InChI=1S/C22H24N4O3S/c1-5-30(27,28)26-16-8-6-7-15(11-16)20-18(12-23-25-20)22-24-19-14(4)9-10-17(13(2)3)21(19)29-22/h6-13,26H,5H2,1-4H3,(H,23,25). The van der Waals surface area contributed by atoms with Gasteiger partial charge in [-0.05, 0) is 43.0 Å². The SMILES string of the molecule is CCS(=O)(=O)Nc1cccc(-c2[nH]ncc2-c2nc3c(C)ccc(C(C)C)c3o2)c1. The molecular weight excluding hydrogens is 400 g/mol. The number of anilines is 1. The quantitative estimate of drug-likeness (QED) is 0.450. The number of aromatic amines is 1. The molecule has 0 unspecified atom stereocenters. The number of oxazole rings is 1. The molecule has 0 aliphatic carbocycles. The fourth-order valence-corrected chi connectivity index (χ4v) is 4.01. The van der Waals surface area contributed by atoms with Crippen LogP contribution in [-0.2, 0) is 10.0 Å². The molecular formula is C22H24N4O3S. The largest absolute Gasteiger partial charge is 0.436 e. The number of nitrogens with one attached hydrogen (secondary N) is 2. The monoisotopic (exact) mass is 424 g/mol. The highest BCUT2D eigenvalue weighted by Crippen LogP contribution is 2.36. The molecule has 0 atom stereocenters. The van der Waals surface area contributed by atoms with Gasteiger partial charge in [0.05, 0.1) is 23.2 Å². The molecule has 156 valence electrons. The molecule has 0 aliphatic heterocycles. The van der Waals surface area contributed by atoms with Crippen molar-refractivity contribution in [3.63, 3.8) is 0 Å². The van der Waals surface area contributed by atoms with Crippen molar-refractivity contribution in [2.75, 3.05) is 10.5 Å². The highest BCUT2D eigenvalue weighted by molar-refractivity contribution is 7.92. The lowest BCUT2D eigenvalue weighted by Gasteiger charge is -2.08. The van der Waals surface area contributed by atoms with Crippen molar-refractivity contribution in [2.45, 2.75) is 33.6 Å². The summed E-state index contributed by atoms with van der Waals surface area (Å²) in [6.07, 6.45) is 1.67. The summed E-state index contributed by atoms with van der Waals surface area (Å²) >= 11 is 0. The van der Waals surface area contributed by atoms with Crippen LogP contribution in [0, 0.1) is 6.92 Å². The molecule has 0 bridgehead atoms. The van der Waals surface area contributed by atoms with E-state index in [1.807, 2.05) is 13.0 Å². The van der Waals surface area contributed by atoms with Crippen LogP contribution in [-0.4, -0.2) is 29.4 Å². The lowest BCUT2D eigenvalue weighted by Crippen LogP contribution is -2.14. The minimum absolute atomic E-state index is 0.00692. The van der Waals surface area contributed by atoms with E-state index in [4.69, 9.17) is 9.40 Å². The normalized spacial score (nSPS) is 12.0. The zero-order chi connectivity index (χ0) is 21.5. The van der Waals surface area contributed by atoms with E-state index in [1.54, 1.807) is 31.3 Å². The maximum Gasteiger partial charge on any atom is 0.232 e. The Hall–Kier alpha value is -3.13. The molecule has 0 saturated heterocycles. The molecule has 30 heavy (non-hydrogen) atoms. The lowest BCUT2D eigenvalue weighted by atomic mass is 10.0. The number of hydrogen-bond acceptors (Lipinski definition) is 5. The van der Waals surface area contributed by atoms with Gasteiger partial charge in [-0.2, -0.15) is 5.10 Å². The summed E-state index contributed by atoms with van der Waals surface area (Å²) < 4.78 is 32.6. The third-order valence-electron chi connectivity index (χ3n) is 5.07. The average molecular weight is 425 g/mol. The second-order valence-corrected chi connectivity index (χ2v) is 9.58. The van der Waals surface area contributed by atoms with Crippen molar-refractivity contribution < 1.29 is 12.8 Å². The van der Waals surface area contributed by atoms with Gasteiger partial charge in [0.2, 0.25) is 15.9 Å². The summed E-state index contributed by atoms with van der Waals surface area (Å²) in [7, 11) is -3.36. The van der Waals surface area contributed by atoms with E-state index in [-0.39, 0.29) is 5.75 Å². The van der Waals surface area contributed by atoms with Crippen LogP contribution >= 0.6 is 0 Å². The van der Waals surface area contributed by atoms with Crippen LogP contribution in [0.1, 0.15) is 37.8 Å². The highest BCUT2D eigenvalue weighted by atomic mass is 32.2. The van der Waals surface area contributed by atoms with Crippen molar-refractivity contribution in [1.29, 1.82) is 0 Å². The van der Waals surface area contributed by atoms with Crippen molar-refractivity contribution in [3.8, 4) is 22.7 Å². The summed E-state index contributed by atoms with van der Waals surface area (Å²) in [5, 5.41) is 7.18. The van der Waals surface area contributed by atoms with Gasteiger partial charge in [-0.3, -0.25) is 9.82 Å². The first-order valence-electron chi connectivity index (χ1n) is 9.83. The lowest BCUT2D eigenvalue weighted by molar-refractivity contribution is 0.602. The van der Waals surface area contributed by atoms with Crippen molar-refractivity contribution >= 4 is 26.8 Å². The Labute approximate surface area is 175 Å². The number of hydrogen-bond donors (Lipinski definition) is 2. The zero-order valence-corrected chi connectivity index (χ0v) is 18.2. The first kappa shape index (κ1) is 20.2. The van der Waals surface area contributed by atoms with Crippen LogP contribution < -0.4 is 4.72 Å².